The second-order valence-corrected chi connectivity index (χ2v) is 4.39. The van der Waals surface area contributed by atoms with Gasteiger partial charge < -0.3 is 9.84 Å². The van der Waals surface area contributed by atoms with E-state index in [9.17, 15) is 9.59 Å². The molecular formula is C15H14O4. The number of esters is 1. The number of fused-ring (bicyclic) bond motifs is 1. The maximum Gasteiger partial charge on any atom is 0.338 e. The van der Waals surface area contributed by atoms with Crippen molar-refractivity contribution in [3.63, 3.8) is 0 Å². The van der Waals surface area contributed by atoms with E-state index in [0.717, 1.165) is 17.1 Å². The smallest absolute Gasteiger partial charge is 0.338 e. The van der Waals surface area contributed by atoms with Crippen LogP contribution >= 0.6 is 0 Å². The van der Waals surface area contributed by atoms with Crippen LogP contribution in [0.5, 0.6) is 0 Å². The van der Waals surface area contributed by atoms with E-state index in [1.807, 2.05) is 0 Å². The van der Waals surface area contributed by atoms with Gasteiger partial charge in [-0.25, -0.2) is 4.79 Å². The Hall–Kier alpha value is -2.20. The monoisotopic (exact) mass is 258 g/mol. The molecule has 0 amide bonds. The molecule has 98 valence electrons. The van der Waals surface area contributed by atoms with Crippen LogP contribution < -0.4 is 0 Å². The third kappa shape index (κ3) is 3.17. The Morgan fingerprint density at radius 1 is 1.26 bits per heavy atom. The van der Waals surface area contributed by atoms with E-state index in [0.29, 0.717) is 11.1 Å². The molecule has 0 spiro atoms. The second kappa shape index (κ2) is 5.63. The molecule has 4 nitrogen and oxygen atoms in total. The zero-order valence-corrected chi connectivity index (χ0v) is 10.5. The summed E-state index contributed by atoms with van der Waals surface area (Å²) in [5.74, 6) is -0.470. The summed E-state index contributed by atoms with van der Waals surface area (Å²) in [7, 11) is 0. The molecule has 0 radical (unpaired) electrons. The fourth-order valence-corrected chi connectivity index (χ4v) is 1.74. The van der Waals surface area contributed by atoms with Gasteiger partial charge in [0.15, 0.2) is 0 Å². The molecule has 0 aromatic heterocycles. The van der Waals surface area contributed by atoms with Crippen molar-refractivity contribution < 1.29 is 19.4 Å². The number of hydrogen-bond donors (Lipinski definition) is 1. The summed E-state index contributed by atoms with van der Waals surface area (Å²) >= 11 is 0. The molecule has 1 atom stereocenters. The number of benzene rings is 2. The lowest BCUT2D eigenvalue weighted by Crippen LogP contribution is -2.15. The molecule has 1 unspecified atom stereocenters. The van der Waals surface area contributed by atoms with Crippen LogP contribution in [0.2, 0.25) is 0 Å². The van der Waals surface area contributed by atoms with Crippen molar-refractivity contribution in [3.8, 4) is 0 Å². The number of ether oxygens (including phenoxy) is 1. The molecule has 0 bridgehead atoms. The van der Waals surface area contributed by atoms with Crippen LogP contribution in [0.4, 0.5) is 0 Å². The summed E-state index contributed by atoms with van der Waals surface area (Å²) < 4.78 is 4.94. The number of aliphatic hydroxyl groups excluding tert-OH is 1. The summed E-state index contributed by atoms with van der Waals surface area (Å²) in [6, 6.07) is 10.3. The minimum Gasteiger partial charge on any atom is -0.459 e. The molecule has 2 aromatic rings. The minimum absolute atomic E-state index is 0.0268. The molecule has 4 heteroatoms. The van der Waals surface area contributed by atoms with Gasteiger partial charge in [-0.05, 0) is 35.9 Å². The second-order valence-electron chi connectivity index (χ2n) is 4.39. The molecule has 0 saturated carbocycles. The van der Waals surface area contributed by atoms with Gasteiger partial charge in [-0.3, -0.25) is 4.79 Å². The number of aldehydes is 1. The molecule has 2 rings (SSSR count). The summed E-state index contributed by atoms with van der Waals surface area (Å²) in [5.41, 5.74) is 1.02. The average molecular weight is 258 g/mol. The molecule has 2 aromatic carbocycles. The van der Waals surface area contributed by atoms with Crippen molar-refractivity contribution in [1.29, 1.82) is 0 Å². The van der Waals surface area contributed by atoms with Crippen LogP contribution in [0.15, 0.2) is 36.4 Å². The Morgan fingerprint density at radius 2 is 1.95 bits per heavy atom. The Morgan fingerprint density at radius 3 is 2.63 bits per heavy atom. The van der Waals surface area contributed by atoms with Crippen molar-refractivity contribution in [2.24, 2.45) is 0 Å². The van der Waals surface area contributed by atoms with Gasteiger partial charge in [-0.15, -0.1) is 0 Å². The Kier molecular flexibility index (Phi) is 3.92. The first-order valence-electron chi connectivity index (χ1n) is 5.94. The lowest BCUT2D eigenvalue weighted by Gasteiger charge is -2.07. The molecule has 19 heavy (non-hydrogen) atoms. The first-order valence-corrected chi connectivity index (χ1v) is 5.94. The largest absolute Gasteiger partial charge is 0.459 e. The van der Waals surface area contributed by atoms with Crippen LogP contribution in [0.1, 0.15) is 27.6 Å². The number of hydrogen-bond acceptors (Lipinski definition) is 4. The van der Waals surface area contributed by atoms with Gasteiger partial charge in [0.25, 0.3) is 0 Å². The number of rotatable bonds is 4. The van der Waals surface area contributed by atoms with Crippen molar-refractivity contribution in [3.05, 3.63) is 47.5 Å². The molecule has 1 N–H and O–H groups in total. The first kappa shape index (κ1) is 13.2. The molecule has 0 heterocycles. The normalized spacial score (nSPS) is 12.1. The van der Waals surface area contributed by atoms with Crippen LogP contribution in [-0.2, 0) is 4.74 Å². The molecule has 0 aliphatic carbocycles. The molecular weight excluding hydrogens is 244 g/mol. The molecule has 0 aliphatic heterocycles. The van der Waals surface area contributed by atoms with Crippen molar-refractivity contribution in [2.75, 3.05) is 6.61 Å². The fourth-order valence-electron chi connectivity index (χ4n) is 1.74. The van der Waals surface area contributed by atoms with E-state index < -0.39 is 12.1 Å². The highest BCUT2D eigenvalue weighted by molar-refractivity contribution is 5.96. The average Bonchev–Trinajstić information content (AvgIpc) is 2.43. The molecule has 0 aliphatic rings. The number of carbonyl (C=O) groups excluding carboxylic acids is 2. The minimum atomic E-state index is -0.681. The highest BCUT2D eigenvalue weighted by Gasteiger charge is 2.09. The summed E-state index contributed by atoms with van der Waals surface area (Å²) in [5, 5.41) is 10.8. The third-order valence-electron chi connectivity index (χ3n) is 2.69. The predicted octanol–water partition coefficient (Wildman–Crippen LogP) is 2.19. The van der Waals surface area contributed by atoms with E-state index in [1.165, 1.54) is 0 Å². The lowest BCUT2D eigenvalue weighted by atomic mass is 10.0. The van der Waals surface area contributed by atoms with Crippen LogP contribution in [0, 0.1) is 0 Å². The van der Waals surface area contributed by atoms with Crippen molar-refractivity contribution in [1.82, 2.24) is 0 Å². The Balaban J connectivity index is 2.26. The predicted molar refractivity (Wildman–Crippen MR) is 71.3 cm³/mol. The van der Waals surface area contributed by atoms with E-state index in [4.69, 9.17) is 9.84 Å². The SMILES string of the molecule is CC(O)COC(=O)c1ccc2cc(C=O)ccc2c1. The van der Waals surface area contributed by atoms with Crippen LogP contribution in [-0.4, -0.2) is 30.1 Å². The molecule has 0 saturated heterocycles. The highest BCUT2D eigenvalue weighted by Crippen LogP contribution is 2.18. The Labute approximate surface area is 110 Å². The van der Waals surface area contributed by atoms with Crippen LogP contribution in [0.25, 0.3) is 10.8 Å². The van der Waals surface area contributed by atoms with Gasteiger partial charge >= 0.3 is 5.97 Å². The van der Waals surface area contributed by atoms with Gasteiger partial charge in [-0.1, -0.05) is 18.2 Å². The standard InChI is InChI=1S/C15H14O4/c1-10(17)9-19-15(18)14-5-4-12-6-11(8-16)2-3-13(12)7-14/h2-8,10,17H,9H2,1H3. The first-order chi connectivity index (χ1) is 9.10. The van der Waals surface area contributed by atoms with E-state index in [1.54, 1.807) is 43.3 Å². The van der Waals surface area contributed by atoms with E-state index in [2.05, 4.69) is 0 Å². The van der Waals surface area contributed by atoms with Crippen molar-refractivity contribution in [2.45, 2.75) is 13.0 Å². The maximum absolute atomic E-state index is 11.7. The molecule has 0 fully saturated rings. The third-order valence-corrected chi connectivity index (χ3v) is 2.69. The van der Waals surface area contributed by atoms with E-state index >= 15 is 0 Å². The van der Waals surface area contributed by atoms with Gasteiger partial charge in [0.05, 0.1) is 11.7 Å². The van der Waals surface area contributed by atoms with E-state index in [-0.39, 0.29) is 6.61 Å². The zero-order chi connectivity index (χ0) is 13.8. The van der Waals surface area contributed by atoms with Gasteiger partial charge in [-0.2, -0.15) is 0 Å². The van der Waals surface area contributed by atoms with Crippen molar-refractivity contribution >= 4 is 23.0 Å². The van der Waals surface area contributed by atoms with Gasteiger partial charge in [0, 0.05) is 5.56 Å². The fraction of sp³-hybridized carbons (Fsp3) is 0.200. The number of aliphatic hydroxyl groups is 1. The quantitative estimate of drug-likeness (QED) is 0.674. The number of carbonyl (C=O) groups is 2. The highest BCUT2D eigenvalue weighted by atomic mass is 16.5. The maximum atomic E-state index is 11.7. The van der Waals surface area contributed by atoms with Gasteiger partial charge in [0.1, 0.15) is 12.9 Å². The van der Waals surface area contributed by atoms with Crippen LogP contribution in [0.3, 0.4) is 0 Å². The Bertz CT molecular complexity index is 617. The lowest BCUT2D eigenvalue weighted by molar-refractivity contribution is 0.0296. The zero-order valence-electron chi connectivity index (χ0n) is 10.5. The van der Waals surface area contributed by atoms with Gasteiger partial charge in [0.2, 0.25) is 0 Å². The topological polar surface area (TPSA) is 63.6 Å². The summed E-state index contributed by atoms with van der Waals surface area (Å²) in [6.07, 6.45) is 0.101. The summed E-state index contributed by atoms with van der Waals surface area (Å²) in [4.78, 5) is 22.4. The summed E-state index contributed by atoms with van der Waals surface area (Å²) in [6.45, 7) is 1.52.